The molecule has 2 saturated heterocycles. The van der Waals surface area contributed by atoms with Crippen LogP contribution in [0.2, 0.25) is 0 Å². The van der Waals surface area contributed by atoms with E-state index in [2.05, 4.69) is 19.8 Å². The zero-order valence-electron chi connectivity index (χ0n) is 20.1. The molecule has 2 aliphatic rings. The molecular formula is C26H30N6O2S. The third kappa shape index (κ3) is 3.91. The number of piperidine rings is 2. The SMILES string of the molecule is Cc1oc(-c2cscn2)nc1CN1CCCC2(CCN(c3cnc4ccccc4n3)CC2)C1(C)O. The fourth-order valence-electron chi connectivity index (χ4n) is 5.80. The minimum Gasteiger partial charge on any atom is -0.440 e. The van der Waals surface area contributed by atoms with Crippen molar-refractivity contribution in [3.8, 4) is 11.6 Å². The zero-order valence-corrected chi connectivity index (χ0v) is 21.0. The predicted molar refractivity (Wildman–Crippen MR) is 136 cm³/mol. The van der Waals surface area contributed by atoms with Crippen molar-refractivity contribution in [1.82, 2.24) is 24.8 Å². The van der Waals surface area contributed by atoms with E-state index in [1.807, 2.05) is 49.7 Å². The summed E-state index contributed by atoms with van der Waals surface area (Å²) in [5, 5.41) is 13.9. The van der Waals surface area contributed by atoms with E-state index >= 15 is 0 Å². The largest absolute Gasteiger partial charge is 0.440 e. The topological polar surface area (TPSA) is 91.4 Å². The monoisotopic (exact) mass is 490 g/mol. The van der Waals surface area contributed by atoms with Gasteiger partial charge in [-0.1, -0.05) is 12.1 Å². The van der Waals surface area contributed by atoms with Gasteiger partial charge < -0.3 is 14.4 Å². The summed E-state index contributed by atoms with van der Waals surface area (Å²) >= 11 is 1.52. The number of benzene rings is 1. The summed E-state index contributed by atoms with van der Waals surface area (Å²) < 4.78 is 5.90. The van der Waals surface area contributed by atoms with Crippen molar-refractivity contribution in [2.45, 2.75) is 51.8 Å². The van der Waals surface area contributed by atoms with Crippen molar-refractivity contribution < 1.29 is 9.52 Å². The Morgan fingerprint density at radius 1 is 1.06 bits per heavy atom. The van der Waals surface area contributed by atoms with E-state index in [-0.39, 0.29) is 5.41 Å². The summed E-state index contributed by atoms with van der Waals surface area (Å²) in [6.07, 6.45) is 5.77. The second-order valence-electron chi connectivity index (χ2n) is 9.93. The first-order valence-corrected chi connectivity index (χ1v) is 13.2. The first-order chi connectivity index (χ1) is 17.0. The van der Waals surface area contributed by atoms with E-state index in [1.165, 1.54) is 11.3 Å². The highest BCUT2D eigenvalue weighted by atomic mass is 32.1. The van der Waals surface area contributed by atoms with E-state index in [4.69, 9.17) is 14.4 Å². The normalized spacial score (nSPS) is 22.8. The molecule has 35 heavy (non-hydrogen) atoms. The number of hydrogen-bond donors (Lipinski definition) is 1. The molecule has 1 unspecified atom stereocenters. The fourth-order valence-corrected chi connectivity index (χ4v) is 6.33. The first-order valence-electron chi connectivity index (χ1n) is 12.2. The van der Waals surface area contributed by atoms with Gasteiger partial charge in [0.05, 0.1) is 28.4 Å². The summed E-state index contributed by atoms with van der Waals surface area (Å²) in [4.78, 5) is 23.0. The predicted octanol–water partition coefficient (Wildman–Crippen LogP) is 4.64. The number of aliphatic hydroxyl groups is 1. The maximum absolute atomic E-state index is 12.0. The number of oxazole rings is 1. The van der Waals surface area contributed by atoms with Crippen molar-refractivity contribution in [1.29, 1.82) is 0 Å². The second kappa shape index (κ2) is 8.65. The summed E-state index contributed by atoms with van der Waals surface area (Å²) in [6.45, 7) is 7.05. The van der Waals surface area contributed by atoms with E-state index in [1.54, 1.807) is 5.51 Å². The maximum Gasteiger partial charge on any atom is 0.246 e. The molecule has 0 aliphatic carbocycles. The number of para-hydroxylation sites is 2. The molecule has 2 aliphatic heterocycles. The van der Waals surface area contributed by atoms with Gasteiger partial charge in [0, 0.05) is 37.0 Å². The summed E-state index contributed by atoms with van der Waals surface area (Å²) in [5.74, 6) is 2.25. The minimum atomic E-state index is -0.932. The molecule has 1 aromatic carbocycles. The molecule has 182 valence electrons. The van der Waals surface area contributed by atoms with Gasteiger partial charge in [0.25, 0.3) is 0 Å². The first kappa shape index (κ1) is 22.6. The Morgan fingerprint density at radius 2 is 1.86 bits per heavy atom. The number of likely N-dealkylation sites (tertiary alicyclic amines) is 1. The van der Waals surface area contributed by atoms with Gasteiger partial charge in [0.1, 0.15) is 23.0 Å². The van der Waals surface area contributed by atoms with Crippen LogP contribution in [0, 0.1) is 12.3 Å². The Kier molecular flexibility index (Phi) is 5.58. The molecular weight excluding hydrogens is 460 g/mol. The van der Waals surface area contributed by atoms with Crippen LogP contribution >= 0.6 is 11.3 Å². The van der Waals surface area contributed by atoms with Crippen molar-refractivity contribution in [3.63, 3.8) is 0 Å². The summed E-state index contributed by atoms with van der Waals surface area (Å²) in [5.41, 5.74) is 4.14. The number of nitrogens with zero attached hydrogens (tertiary/aromatic N) is 6. The molecule has 1 spiro atoms. The van der Waals surface area contributed by atoms with Crippen molar-refractivity contribution in [2.75, 3.05) is 24.5 Å². The second-order valence-corrected chi connectivity index (χ2v) is 10.6. The molecule has 8 nitrogen and oxygen atoms in total. The van der Waals surface area contributed by atoms with Crippen LogP contribution in [0.25, 0.3) is 22.6 Å². The average molecular weight is 491 g/mol. The number of thiazole rings is 1. The number of hydrogen-bond acceptors (Lipinski definition) is 9. The lowest BCUT2D eigenvalue weighted by Crippen LogP contribution is -2.64. The van der Waals surface area contributed by atoms with E-state index in [9.17, 15) is 5.11 Å². The number of anilines is 1. The molecule has 6 rings (SSSR count). The molecule has 0 radical (unpaired) electrons. The van der Waals surface area contributed by atoms with Crippen LogP contribution in [0.15, 0.2) is 45.8 Å². The van der Waals surface area contributed by atoms with Crippen molar-refractivity contribution in [3.05, 3.63) is 52.8 Å². The van der Waals surface area contributed by atoms with Crippen LogP contribution in [0.5, 0.6) is 0 Å². The molecule has 0 saturated carbocycles. The smallest absolute Gasteiger partial charge is 0.246 e. The van der Waals surface area contributed by atoms with E-state index in [0.717, 1.165) is 79.3 Å². The lowest BCUT2D eigenvalue weighted by molar-refractivity contribution is -0.218. The quantitative estimate of drug-likeness (QED) is 0.442. The number of fused-ring (bicyclic) bond motifs is 1. The van der Waals surface area contributed by atoms with Crippen LogP contribution in [0.4, 0.5) is 5.82 Å². The van der Waals surface area contributed by atoms with Crippen molar-refractivity contribution in [2.24, 2.45) is 5.41 Å². The van der Waals surface area contributed by atoms with Crippen molar-refractivity contribution >= 4 is 28.2 Å². The minimum absolute atomic E-state index is 0.165. The lowest BCUT2D eigenvalue weighted by Gasteiger charge is -2.57. The van der Waals surface area contributed by atoms with Gasteiger partial charge in [0.2, 0.25) is 5.89 Å². The van der Waals surface area contributed by atoms with E-state index < -0.39 is 5.72 Å². The molecule has 0 bridgehead atoms. The molecule has 5 heterocycles. The summed E-state index contributed by atoms with van der Waals surface area (Å²) in [6, 6.07) is 7.98. The third-order valence-electron chi connectivity index (χ3n) is 8.07. The van der Waals surface area contributed by atoms with Crippen LogP contribution in [0.1, 0.15) is 44.1 Å². The van der Waals surface area contributed by atoms with Crippen LogP contribution in [-0.2, 0) is 6.54 Å². The molecule has 1 N–H and O–H groups in total. The number of aryl methyl sites for hydroxylation is 1. The molecule has 1 atom stereocenters. The molecule has 9 heteroatoms. The Bertz CT molecular complexity index is 1330. The Morgan fingerprint density at radius 3 is 2.63 bits per heavy atom. The van der Waals surface area contributed by atoms with Gasteiger partial charge in [-0.2, -0.15) is 0 Å². The Balaban J connectivity index is 1.19. The molecule has 2 fully saturated rings. The molecule has 3 aromatic heterocycles. The highest BCUT2D eigenvalue weighted by molar-refractivity contribution is 7.07. The standard InChI is InChI=1S/C26H30N6O2S/c1-18-21(30-24(34-18)22-16-35-17-28-22)15-32-11-5-8-26(25(32,2)33)9-12-31(13-10-26)23-14-27-19-6-3-4-7-20(19)29-23/h3-4,6-7,14,16-17,33H,5,8-13,15H2,1-2H3. The van der Waals surface area contributed by atoms with Gasteiger partial charge in [-0.15, -0.1) is 11.3 Å². The van der Waals surface area contributed by atoms with Gasteiger partial charge >= 0.3 is 0 Å². The highest BCUT2D eigenvalue weighted by Gasteiger charge is 2.54. The van der Waals surface area contributed by atoms with Crippen LogP contribution in [-0.4, -0.2) is 55.3 Å². The zero-order chi connectivity index (χ0) is 24.0. The van der Waals surface area contributed by atoms with Gasteiger partial charge in [-0.05, 0) is 51.7 Å². The Labute approximate surface area is 208 Å². The van der Waals surface area contributed by atoms with Gasteiger partial charge in [-0.25, -0.2) is 15.0 Å². The highest BCUT2D eigenvalue weighted by Crippen LogP contribution is 2.50. The van der Waals surface area contributed by atoms with Crippen LogP contribution < -0.4 is 4.90 Å². The molecule has 0 amide bonds. The number of aromatic nitrogens is 4. The third-order valence-corrected chi connectivity index (χ3v) is 8.66. The average Bonchev–Trinajstić information content (AvgIpc) is 3.53. The van der Waals surface area contributed by atoms with E-state index in [0.29, 0.717) is 12.4 Å². The van der Waals surface area contributed by atoms with Gasteiger partial charge in [-0.3, -0.25) is 9.88 Å². The maximum atomic E-state index is 12.0. The van der Waals surface area contributed by atoms with Gasteiger partial charge in [0.15, 0.2) is 0 Å². The van der Waals surface area contributed by atoms with Crippen LogP contribution in [0.3, 0.4) is 0 Å². The molecule has 4 aromatic rings. The number of rotatable bonds is 4. The lowest BCUT2D eigenvalue weighted by atomic mass is 9.65. The summed E-state index contributed by atoms with van der Waals surface area (Å²) in [7, 11) is 0. The Hall–Kier alpha value is -2.88. The fraction of sp³-hybridized carbons (Fsp3) is 0.462.